The van der Waals surface area contributed by atoms with Gasteiger partial charge in [-0.25, -0.2) is 0 Å². The molecule has 0 aromatic heterocycles. The summed E-state index contributed by atoms with van der Waals surface area (Å²) in [5, 5.41) is 5.51. The standard InChI is InChI=1S/C10H21N5O2/c1-6(2)10(17)15-5-3-4-14-8(12)7(11)9(13)16/h7-8,14H,1,3-5,11-12H2,2H3,(H2,13,16)(H,15,17). The van der Waals surface area contributed by atoms with E-state index in [1.165, 1.54) is 0 Å². The Labute approximate surface area is 101 Å². The Hall–Kier alpha value is -1.44. The van der Waals surface area contributed by atoms with Crippen LogP contribution in [0.15, 0.2) is 12.2 Å². The topological polar surface area (TPSA) is 136 Å². The lowest BCUT2D eigenvalue weighted by Crippen LogP contribution is -2.57. The van der Waals surface area contributed by atoms with E-state index >= 15 is 0 Å². The van der Waals surface area contributed by atoms with Crippen LogP contribution in [-0.2, 0) is 9.59 Å². The molecule has 98 valence electrons. The fourth-order valence-electron chi connectivity index (χ4n) is 1.01. The zero-order valence-corrected chi connectivity index (χ0v) is 10.0. The van der Waals surface area contributed by atoms with E-state index in [0.29, 0.717) is 25.1 Å². The highest BCUT2D eigenvalue weighted by atomic mass is 16.2. The first kappa shape index (κ1) is 15.6. The first-order valence-electron chi connectivity index (χ1n) is 5.33. The van der Waals surface area contributed by atoms with Crippen molar-refractivity contribution in [2.45, 2.75) is 25.6 Å². The van der Waals surface area contributed by atoms with Gasteiger partial charge in [-0.3, -0.25) is 9.59 Å². The molecular formula is C10H21N5O2. The number of carbonyl (C=O) groups is 2. The number of nitrogens with two attached hydrogens (primary N) is 3. The van der Waals surface area contributed by atoms with Gasteiger partial charge in [-0.15, -0.1) is 0 Å². The highest BCUT2D eigenvalue weighted by molar-refractivity contribution is 5.92. The molecule has 8 N–H and O–H groups in total. The molecule has 0 aromatic rings. The predicted molar refractivity (Wildman–Crippen MR) is 65.6 cm³/mol. The Bertz CT molecular complexity index is 292. The number of nitrogens with one attached hydrogen (secondary N) is 2. The third kappa shape index (κ3) is 6.67. The van der Waals surface area contributed by atoms with E-state index in [4.69, 9.17) is 17.2 Å². The van der Waals surface area contributed by atoms with Crippen molar-refractivity contribution in [2.24, 2.45) is 17.2 Å². The van der Waals surface area contributed by atoms with Gasteiger partial charge in [0.2, 0.25) is 11.8 Å². The van der Waals surface area contributed by atoms with Crippen molar-refractivity contribution < 1.29 is 9.59 Å². The van der Waals surface area contributed by atoms with Crippen LogP contribution in [0.25, 0.3) is 0 Å². The van der Waals surface area contributed by atoms with Gasteiger partial charge in [0.25, 0.3) is 0 Å². The van der Waals surface area contributed by atoms with Crippen LogP contribution in [-0.4, -0.2) is 37.1 Å². The van der Waals surface area contributed by atoms with E-state index < -0.39 is 18.1 Å². The van der Waals surface area contributed by atoms with Gasteiger partial charge in [0.1, 0.15) is 6.04 Å². The largest absolute Gasteiger partial charge is 0.368 e. The number of hydrogen-bond acceptors (Lipinski definition) is 5. The molecule has 0 rings (SSSR count). The first-order chi connectivity index (χ1) is 7.86. The molecule has 0 aliphatic carbocycles. The molecule has 0 aliphatic rings. The smallest absolute Gasteiger partial charge is 0.246 e. The van der Waals surface area contributed by atoms with Gasteiger partial charge in [-0.1, -0.05) is 6.58 Å². The summed E-state index contributed by atoms with van der Waals surface area (Å²) in [6.45, 7) is 6.17. The summed E-state index contributed by atoms with van der Waals surface area (Å²) in [6.07, 6.45) is -0.0117. The molecule has 0 aromatic carbocycles. The van der Waals surface area contributed by atoms with Gasteiger partial charge in [0, 0.05) is 12.1 Å². The lowest BCUT2D eigenvalue weighted by atomic mass is 10.2. The molecule has 2 unspecified atom stereocenters. The van der Waals surface area contributed by atoms with Gasteiger partial charge in [0.15, 0.2) is 0 Å². The Morgan fingerprint density at radius 1 is 1.29 bits per heavy atom. The third-order valence-electron chi connectivity index (χ3n) is 2.12. The van der Waals surface area contributed by atoms with Crippen molar-refractivity contribution in [1.29, 1.82) is 0 Å². The molecule has 7 nitrogen and oxygen atoms in total. The normalized spacial score (nSPS) is 13.8. The quantitative estimate of drug-likeness (QED) is 0.186. The van der Waals surface area contributed by atoms with Crippen molar-refractivity contribution in [1.82, 2.24) is 10.6 Å². The average Bonchev–Trinajstić information content (AvgIpc) is 2.26. The van der Waals surface area contributed by atoms with E-state index in [9.17, 15) is 9.59 Å². The van der Waals surface area contributed by atoms with Crippen LogP contribution < -0.4 is 27.8 Å². The molecule has 0 saturated carbocycles. The van der Waals surface area contributed by atoms with Crippen molar-refractivity contribution in [2.75, 3.05) is 13.1 Å². The molecule has 0 heterocycles. The van der Waals surface area contributed by atoms with E-state index in [1.54, 1.807) is 6.92 Å². The molecule has 7 heteroatoms. The fourth-order valence-corrected chi connectivity index (χ4v) is 1.01. The molecule has 0 saturated heterocycles. The minimum atomic E-state index is -0.917. The summed E-state index contributed by atoms with van der Waals surface area (Å²) >= 11 is 0. The molecule has 17 heavy (non-hydrogen) atoms. The summed E-state index contributed by atoms with van der Waals surface area (Å²) in [7, 11) is 0. The van der Waals surface area contributed by atoms with E-state index in [-0.39, 0.29) is 5.91 Å². The number of carbonyl (C=O) groups excluding carboxylic acids is 2. The Morgan fingerprint density at radius 2 is 1.88 bits per heavy atom. The van der Waals surface area contributed by atoms with Crippen LogP contribution in [0.5, 0.6) is 0 Å². The van der Waals surface area contributed by atoms with Crippen LogP contribution in [0, 0.1) is 0 Å². The number of rotatable bonds is 8. The van der Waals surface area contributed by atoms with Crippen LogP contribution in [0.2, 0.25) is 0 Å². The minimum absolute atomic E-state index is 0.178. The maximum atomic E-state index is 11.1. The number of hydrogen-bond donors (Lipinski definition) is 5. The molecular weight excluding hydrogens is 222 g/mol. The van der Waals surface area contributed by atoms with Gasteiger partial charge in [-0.2, -0.15) is 0 Å². The van der Waals surface area contributed by atoms with Gasteiger partial charge in [0.05, 0.1) is 6.17 Å². The van der Waals surface area contributed by atoms with E-state index in [1.807, 2.05) is 0 Å². The fraction of sp³-hybridized carbons (Fsp3) is 0.600. The molecule has 0 aliphatic heterocycles. The van der Waals surface area contributed by atoms with Crippen molar-refractivity contribution in [3.05, 3.63) is 12.2 Å². The summed E-state index contributed by atoms with van der Waals surface area (Å²) in [5.74, 6) is -0.830. The van der Waals surface area contributed by atoms with Crippen LogP contribution in [0.1, 0.15) is 13.3 Å². The van der Waals surface area contributed by atoms with Crippen LogP contribution in [0.3, 0.4) is 0 Å². The van der Waals surface area contributed by atoms with Gasteiger partial charge < -0.3 is 27.8 Å². The second kappa shape index (κ2) is 7.77. The lowest BCUT2D eigenvalue weighted by Gasteiger charge is -2.18. The highest BCUT2D eigenvalue weighted by Crippen LogP contribution is 1.86. The second-order valence-corrected chi connectivity index (χ2v) is 3.80. The minimum Gasteiger partial charge on any atom is -0.368 e. The summed E-state index contributed by atoms with van der Waals surface area (Å²) in [6, 6.07) is -0.917. The molecule has 0 bridgehead atoms. The Balaban J connectivity index is 3.62. The Morgan fingerprint density at radius 3 is 2.35 bits per heavy atom. The Kier molecular flexibility index (Phi) is 7.11. The maximum Gasteiger partial charge on any atom is 0.246 e. The number of amides is 2. The van der Waals surface area contributed by atoms with Gasteiger partial charge >= 0.3 is 0 Å². The molecule has 0 spiro atoms. The lowest BCUT2D eigenvalue weighted by molar-refractivity contribution is -0.120. The second-order valence-electron chi connectivity index (χ2n) is 3.80. The first-order valence-corrected chi connectivity index (χ1v) is 5.33. The molecule has 2 amide bonds. The van der Waals surface area contributed by atoms with Crippen molar-refractivity contribution in [3.8, 4) is 0 Å². The van der Waals surface area contributed by atoms with Crippen LogP contribution >= 0.6 is 0 Å². The monoisotopic (exact) mass is 243 g/mol. The summed E-state index contributed by atoms with van der Waals surface area (Å²) in [4.78, 5) is 21.8. The predicted octanol–water partition coefficient (Wildman–Crippen LogP) is -2.24. The SMILES string of the molecule is C=C(C)C(=O)NCCCNC(N)C(N)C(N)=O. The number of primary amides is 1. The zero-order valence-electron chi connectivity index (χ0n) is 10.0. The molecule has 0 fully saturated rings. The van der Waals surface area contributed by atoms with E-state index in [2.05, 4.69) is 17.2 Å². The van der Waals surface area contributed by atoms with Gasteiger partial charge in [-0.05, 0) is 19.9 Å². The maximum absolute atomic E-state index is 11.1. The molecule has 2 atom stereocenters. The highest BCUT2D eigenvalue weighted by Gasteiger charge is 2.17. The summed E-state index contributed by atoms with van der Waals surface area (Å²) < 4.78 is 0. The average molecular weight is 243 g/mol. The summed E-state index contributed by atoms with van der Waals surface area (Å²) in [5.41, 5.74) is 16.4. The van der Waals surface area contributed by atoms with Crippen LogP contribution in [0.4, 0.5) is 0 Å². The van der Waals surface area contributed by atoms with Crippen molar-refractivity contribution in [3.63, 3.8) is 0 Å². The molecule has 0 radical (unpaired) electrons. The third-order valence-corrected chi connectivity index (χ3v) is 2.12. The van der Waals surface area contributed by atoms with E-state index in [0.717, 1.165) is 0 Å². The zero-order chi connectivity index (χ0) is 13.4. The van der Waals surface area contributed by atoms with Crippen molar-refractivity contribution >= 4 is 11.8 Å².